The largest absolute Gasteiger partial charge is 0.341 e. The SMILES string of the molecule is CN1C2CCC1CN(C(=O)CC1CCNC1)CC2. The lowest BCUT2D eigenvalue weighted by Crippen LogP contribution is -2.40. The van der Waals surface area contributed by atoms with E-state index in [0.29, 0.717) is 17.9 Å². The molecule has 102 valence electrons. The molecule has 1 N–H and O–H groups in total. The molecule has 0 spiro atoms. The van der Waals surface area contributed by atoms with Gasteiger partial charge in [-0.05, 0) is 51.7 Å². The van der Waals surface area contributed by atoms with Gasteiger partial charge in [0.1, 0.15) is 0 Å². The van der Waals surface area contributed by atoms with Gasteiger partial charge in [0.2, 0.25) is 5.91 Å². The Morgan fingerprint density at radius 2 is 2.06 bits per heavy atom. The molecule has 0 aliphatic carbocycles. The van der Waals surface area contributed by atoms with Crippen molar-refractivity contribution in [3.63, 3.8) is 0 Å². The Bertz CT molecular complexity index is 314. The van der Waals surface area contributed by atoms with E-state index in [0.717, 1.165) is 38.6 Å². The van der Waals surface area contributed by atoms with Crippen LogP contribution in [0.4, 0.5) is 0 Å². The lowest BCUT2D eigenvalue weighted by Gasteiger charge is -2.26. The number of likely N-dealkylation sites (N-methyl/N-ethyl adjacent to an activating group) is 1. The summed E-state index contributed by atoms with van der Waals surface area (Å²) in [5.41, 5.74) is 0. The van der Waals surface area contributed by atoms with Crippen LogP contribution in [0.5, 0.6) is 0 Å². The molecule has 3 heterocycles. The lowest BCUT2D eigenvalue weighted by molar-refractivity contribution is -0.132. The topological polar surface area (TPSA) is 35.6 Å². The van der Waals surface area contributed by atoms with Crippen molar-refractivity contribution >= 4 is 5.91 Å². The van der Waals surface area contributed by atoms with Crippen LogP contribution in [0.1, 0.15) is 32.1 Å². The summed E-state index contributed by atoms with van der Waals surface area (Å²) in [7, 11) is 2.23. The highest BCUT2D eigenvalue weighted by Crippen LogP contribution is 2.29. The predicted octanol–water partition coefficient (Wildman–Crippen LogP) is 0.681. The quantitative estimate of drug-likeness (QED) is 0.784. The summed E-state index contributed by atoms with van der Waals surface area (Å²) in [4.78, 5) is 17.0. The second kappa shape index (κ2) is 5.17. The van der Waals surface area contributed by atoms with Crippen LogP contribution in [0, 0.1) is 5.92 Å². The summed E-state index contributed by atoms with van der Waals surface area (Å²) in [6.45, 7) is 4.06. The van der Waals surface area contributed by atoms with E-state index in [1.54, 1.807) is 0 Å². The van der Waals surface area contributed by atoms with E-state index in [9.17, 15) is 4.79 Å². The number of amides is 1. The molecule has 3 aliphatic heterocycles. The minimum Gasteiger partial charge on any atom is -0.341 e. The van der Waals surface area contributed by atoms with E-state index in [2.05, 4.69) is 22.2 Å². The number of carbonyl (C=O) groups excluding carboxylic acids is 1. The van der Waals surface area contributed by atoms with E-state index >= 15 is 0 Å². The summed E-state index contributed by atoms with van der Waals surface area (Å²) in [6.07, 6.45) is 5.70. The van der Waals surface area contributed by atoms with E-state index in [1.807, 2.05) is 0 Å². The van der Waals surface area contributed by atoms with Crippen molar-refractivity contribution < 1.29 is 4.79 Å². The molecule has 3 fully saturated rings. The summed E-state index contributed by atoms with van der Waals surface area (Å²) in [5, 5.41) is 3.35. The highest BCUT2D eigenvalue weighted by Gasteiger charge is 2.36. The zero-order valence-corrected chi connectivity index (χ0v) is 11.4. The minimum absolute atomic E-state index is 0.393. The van der Waals surface area contributed by atoms with Gasteiger partial charge in [0.25, 0.3) is 0 Å². The average molecular weight is 251 g/mol. The molecule has 3 saturated heterocycles. The number of hydrogen-bond donors (Lipinski definition) is 1. The van der Waals surface area contributed by atoms with Crippen LogP contribution in [-0.4, -0.2) is 61.0 Å². The van der Waals surface area contributed by atoms with E-state index in [-0.39, 0.29) is 0 Å². The zero-order valence-electron chi connectivity index (χ0n) is 11.4. The molecule has 0 aromatic heterocycles. The van der Waals surface area contributed by atoms with Gasteiger partial charge < -0.3 is 10.2 Å². The molecular weight excluding hydrogens is 226 g/mol. The van der Waals surface area contributed by atoms with Gasteiger partial charge in [-0.3, -0.25) is 9.69 Å². The van der Waals surface area contributed by atoms with E-state index in [1.165, 1.54) is 25.7 Å². The van der Waals surface area contributed by atoms with Crippen molar-refractivity contribution in [1.29, 1.82) is 0 Å². The Kier molecular flexibility index (Phi) is 3.57. The number of rotatable bonds is 2. The van der Waals surface area contributed by atoms with Crippen LogP contribution >= 0.6 is 0 Å². The van der Waals surface area contributed by atoms with Gasteiger partial charge >= 0.3 is 0 Å². The van der Waals surface area contributed by atoms with Gasteiger partial charge in [-0.15, -0.1) is 0 Å². The third-order valence-electron chi connectivity index (χ3n) is 5.13. The molecule has 2 bridgehead atoms. The first-order chi connectivity index (χ1) is 8.74. The number of fused-ring (bicyclic) bond motifs is 2. The normalized spacial score (nSPS) is 36.9. The minimum atomic E-state index is 0.393. The standard InChI is InChI=1S/C14H25N3O/c1-16-12-2-3-13(16)10-17(7-5-12)14(18)8-11-4-6-15-9-11/h11-13,15H,2-10H2,1H3. The van der Waals surface area contributed by atoms with Gasteiger partial charge in [0.05, 0.1) is 0 Å². The maximum atomic E-state index is 12.4. The van der Waals surface area contributed by atoms with Crippen molar-refractivity contribution in [3.05, 3.63) is 0 Å². The summed E-state index contributed by atoms with van der Waals surface area (Å²) < 4.78 is 0. The monoisotopic (exact) mass is 251 g/mol. The van der Waals surface area contributed by atoms with Crippen LogP contribution in [0.25, 0.3) is 0 Å². The highest BCUT2D eigenvalue weighted by atomic mass is 16.2. The Balaban J connectivity index is 1.57. The van der Waals surface area contributed by atoms with Crippen LogP contribution in [0.2, 0.25) is 0 Å². The second-order valence-electron chi connectivity index (χ2n) is 6.24. The Hall–Kier alpha value is -0.610. The van der Waals surface area contributed by atoms with Crippen LogP contribution in [-0.2, 0) is 4.79 Å². The van der Waals surface area contributed by atoms with Gasteiger partial charge in [0, 0.05) is 31.6 Å². The molecule has 18 heavy (non-hydrogen) atoms. The van der Waals surface area contributed by atoms with Crippen molar-refractivity contribution in [2.24, 2.45) is 5.92 Å². The molecule has 3 unspecified atom stereocenters. The first kappa shape index (κ1) is 12.4. The molecule has 0 aromatic carbocycles. The number of nitrogens with zero attached hydrogens (tertiary/aromatic N) is 2. The van der Waals surface area contributed by atoms with Gasteiger partial charge in [-0.25, -0.2) is 0 Å². The van der Waals surface area contributed by atoms with E-state index < -0.39 is 0 Å². The summed E-state index contributed by atoms with van der Waals surface area (Å²) in [5.74, 6) is 0.973. The molecule has 3 aliphatic rings. The van der Waals surface area contributed by atoms with E-state index in [4.69, 9.17) is 0 Å². The number of nitrogens with one attached hydrogen (secondary N) is 1. The Morgan fingerprint density at radius 3 is 2.83 bits per heavy atom. The molecule has 3 rings (SSSR count). The fraction of sp³-hybridized carbons (Fsp3) is 0.929. The molecular formula is C14H25N3O. The van der Waals surface area contributed by atoms with Crippen molar-refractivity contribution in [3.8, 4) is 0 Å². The van der Waals surface area contributed by atoms with Crippen molar-refractivity contribution in [2.75, 3.05) is 33.2 Å². The molecule has 0 aromatic rings. The van der Waals surface area contributed by atoms with Gasteiger partial charge in [-0.2, -0.15) is 0 Å². The Labute approximate surface area is 110 Å². The summed E-state index contributed by atoms with van der Waals surface area (Å²) in [6, 6.07) is 1.34. The smallest absolute Gasteiger partial charge is 0.222 e. The first-order valence-electron chi connectivity index (χ1n) is 7.44. The van der Waals surface area contributed by atoms with Crippen molar-refractivity contribution in [2.45, 2.75) is 44.2 Å². The molecule has 3 atom stereocenters. The fourth-order valence-corrected chi connectivity index (χ4v) is 3.80. The van der Waals surface area contributed by atoms with Crippen LogP contribution in [0.15, 0.2) is 0 Å². The lowest BCUT2D eigenvalue weighted by atomic mass is 10.0. The third-order valence-corrected chi connectivity index (χ3v) is 5.13. The fourth-order valence-electron chi connectivity index (χ4n) is 3.80. The number of carbonyl (C=O) groups is 1. The molecule has 0 radical (unpaired) electrons. The second-order valence-corrected chi connectivity index (χ2v) is 6.24. The Morgan fingerprint density at radius 1 is 1.22 bits per heavy atom. The molecule has 4 heteroatoms. The van der Waals surface area contributed by atoms with Crippen LogP contribution < -0.4 is 5.32 Å². The molecule has 4 nitrogen and oxygen atoms in total. The molecule has 1 amide bonds. The maximum Gasteiger partial charge on any atom is 0.222 e. The summed E-state index contributed by atoms with van der Waals surface area (Å²) >= 11 is 0. The van der Waals surface area contributed by atoms with Gasteiger partial charge in [-0.1, -0.05) is 0 Å². The molecule has 0 saturated carbocycles. The zero-order chi connectivity index (χ0) is 12.5. The van der Waals surface area contributed by atoms with Gasteiger partial charge in [0.15, 0.2) is 0 Å². The highest BCUT2D eigenvalue weighted by molar-refractivity contribution is 5.76. The average Bonchev–Trinajstić information content (AvgIpc) is 2.89. The number of hydrogen-bond acceptors (Lipinski definition) is 3. The first-order valence-corrected chi connectivity index (χ1v) is 7.44. The van der Waals surface area contributed by atoms with Crippen molar-refractivity contribution in [1.82, 2.24) is 15.1 Å². The maximum absolute atomic E-state index is 12.4. The number of likely N-dealkylation sites (tertiary alicyclic amines) is 1. The predicted molar refractivity (Wildman–Crippen MR) is 71.4 cm³/mol. The third kappa shape index (κ3) is 2.41. The van der Waals surface area contributed by atoms with Crippen LogP contribution in [0.3, 0.4) is 0 Å².